The second-order valence-corrected chi connectivity index (χ2v) is 7.87. The van der Waals surface area contributed by atoms with Gasteiger partial charge >= 0.3 is 0 Å². The quantitative estimate of drug-likeness (QED) is 0.329. The summed E-state index contributed by atoms with van der Waals surface area (Å²) in [6.07, 6.45) is 1.58. The fourth-order valence-electron chi connectivity index (χ4n) is 2.53. The number of nitrogens with zero attached hydrogens (tertiary/aromatic N) is 1. The maximum absolute atomic E-state index is 12.4. The summed E-state index contributed by atoms with van der Waals surface area (Å²) in [4.78, 5) is 12.4. The second kappa shape index (κ2) is 10.2. The van der Waals surface area contributed by atoms with Gasteiger partial charge in [-0.15, -0.1) is 0 Å². The van der Waals surface area contributed by atoms with E-state index in [2.05, 4.69) is 42.4 Å². The largest absolute Gasteiger partial charge is 0.493 e. The Hall–Kier alpha value is -2.64. The molecule has 0 bridgehead atoms. The van der Waals surface area contributed by atoms with E-state index < -0.39 is 0 Å². The predicted molar refractivity (Wildman–Crippen MR) is 121 cm³/mol. The monoisotopic (exact) mass is 516 g/mol. The van der Waals surface area contributed by atoms with E-state index in [4.69, 9.17) is 9.47 Å². The van der Waals surface area contributed by atoms with Crippen LogP contribution in [0.2, 0.25) is 0 Å². The van der Waals surface area contributed by atoms with E-state index in [-0.39, 0.29) is 5.91 Å². The van der Waals surface area contributed by atoms with Crippen LogP contribution in [0.5, 0.6) is 11.5 Å². The highest BCUT2D eigenvalue weighted by Crippen LogP contribution is 2.29. The molecule has 29 heavy (non-hydrogen) atoms. The molecule has 0 saturated heterocycles. The topological polar surface area (TPSA) is 59.9 Å². The summed E-state index contributed by atoms with van der Waals surface area (Å²) in [5, 5.41) is 4.00. The first-order valence-electron chi connectivity index (χ1n) is 8.69. The number of hydrazone groups is 1. The van der Waals surface area contributed by atoms with Gasteiger partial charge in [0, 0.05) is 14.5 Å². The van der Waals surface area contributed by atoms with Crippen molar-refractivity contribution in [3.05, 3.63) is 92.4 Å². The van der Waals surface area contributed by atoms with Crippen LogP contribution in [0, 0.1) is 0 Å². The highest BCUT2D eigenvalue weighted by Gasteiger charge is 2.11. The van der Waals surface area contributed by atoms with Crippen LogP contribution >= 0.6 is 31.9 Å². The van der Waals surface area contributed by atoms with E-state index in [9.17, 15) is 4.79 Å². The zero-order valence-electron chi connectivity index (χ0n) is 15.6. The molecule has 0 aliphatic rings. The first-order valence-corrected chi connectivity index (χ1v) is 10.3. The Morgan fingerprint density at radius 2 is 1.76 bits per heavy atom. The Labute approximate surface area is 186 Å². The minimum absolute atomic E-state index is 0.340. The smallest absolute Gasteiger partial charge is 0.271 e. The molecule has 7 heteroatoms. The number of rotatable bonds is 7. The minimum Gasteiger partial charge on any atom is -0.493 e. The summed E-state index contributed by atoms with van der Waals surface area (Å²) in [6, 6.07) is 20.5. The van der Waals surface area contributed by atoms with Crippen LogP contribution < -0.4 is 14.9 Å². The molecular weight excluding hydrogens is 500 g/mol. The SMILES string of the molecule is COc1cc(C(=O)NN=Cc2cccc(Br)c2)ccc1OCc1cccc(Br)c1. The van der Waals surface area contributed by atoms with E-state index in [1.54, 1.807) is 24.4 Å². The van der Waals surface area contributed by atoms with Gasteiger partial charge in [0.15, 0.2) is 11.5 Å². The van der Waals surface area contributed by atoms with Crippen LogP contribution in [-0.4, -0.2) is 19.2 Å². The van der Waals surface area contributed by atoms with Gasteiger partial charge in [0.1, 0.15) is 6.61 Å². The molecule has 0 spiro atoms. The van der Waals surface area contributed by atoms with E-state index in [1.807, 2.05) is 48.5 Å². The molecule has 3 aromatic rings. The van der Waals surface area contributed by atoms with Gasteiger partial charge in [-0.25, -0.2) is 5.43 Å². The molecule has 0 radical (unpaired) electrons. The lowest BCUT2D eigenvalue weighted by molar-refractivity contribution is 0.0954. The third-order valence-electron chi connectivity index (χ3n) is 3.94. The molecule has 0 fully saturated rings. The maximum atomic E-state index is 12.4. The molecule has 0 saturated carbocycles. The van der Waals surface area contributed by atoms with E-state index in [0.717, 1.165) is 20.1 Å². The second-order valence-electron chi connectivity index (χ2n) is 6.04. The van der Waals surface area contributed by atoms with Crippen LogP contribution in [0.15, 0.2) is 80.8 Å². The number of halogens is 2. The molecule has 148 valence electrons. The molecule has 0 aromatic heterocycles. The number of ether oxygens (including phenoxy) is 2. The summed E-state index contributed by atoms with van der Waals surface area (Å²) in [6.45, 7) is 0.387. The third-order valence-corrected chi connectivity index (χ3v) is 4.92. The van der Waals surface area contributed by atoms with Gasteiger partial charge in [0.05, 0.1) is 13.3 Å². The Bertz CT molecular complexity index is 1040. The van der Waals surface area contributed by atoms with Crippen molar-refractivity contribution < 1.29 is 14.3 Å². The van der Waals surface area contributed by atoms with E-state index in [0.29, 0.717) is 23.7 Å². The van der Waals surface area contributed by atoms with Gasteiger partial charge < -0.3 is 9.47 Å². The van der Waals surface area contributed by atoms with Crippen molar-refractivity contribution in [2.45, 2.75) is 6.61 Å². The summed E-state index contributed by atoms with van der Waals surface area (Å²) in [5.41, 5.74) is 4.82. The Kier molecular flexibility index (Phi) is 7.43. The van der Waals surface area contributed by atoms with Crippen molar-refractivity contribution in [3.63, 3.8) is 0 Å². The fraction of sp³-hybridized carbons (Fsp3) is 0.0909. The van der Waals surface area contributed by atoms with Gasteiger partial charge in [0.25, 0.3) is 5.91 Å². The predicted octanol–water partition coefficient (Wildman–Crippen LogP) is 5.56. The van der Waals surface area contributed by atoms with Crippen molar-refractivity contribution in [3.8, 4) is 11.5 Å². The van der Waals surface area contributed by atoms with E-state index >= 15 is 0 Å². The number of carbonyl (C=O) groups is 1. The van der Waals surface area contributed by atoms with Crippen molar-refractivity contribution >= 4 is 44.0 Å². The Morgan fingerprint density at radius 1 is 1.00 bits per heavy atom. The van der Waals surface area contributed by atoms with Crippen molar-refractivity contribution in [2.75, 3.05) is 7.11 Å². The number of carbonyl (C=O) groups excluding carboxylic acids is 1. The maximum Gasteiger partial charge on any atom is 0.271 e. The van der Waals surface area contributed by atoms with Gasteiger partial charge in [-0.2, -0.15) is 5.10 Å². The zero-order chi connectivity index (χ0) is 20.6. The number of hydrogen-bond donors (Lipinski definition) is 1. The third kappa shape index (κ3) is 6.17. The standard InChI is InChI=1S/C22H18Br2N2O3/c1-28-21-12-17(22(27)26-25-13-15-4-2-6-18(23)10-15)8-9-20(21)29-14-16-5-3-7-19(24)11-16/h2-13H,14H2,1H3,(H,26,27). The minimum atomic E-state index is -0.340. The van der Waals surface area contributed by atoms with E-state index in [1.165, 1.54) is 7.11 Å². The van der Waals surface area contributed by atoms with Gasteiger partial charge in [0.2, 0.25) is 0 Å². The van der Waals surface area contributed by atoms with Crippen LogP contribution in [0.25, 0.3) is 0 Å². The lowest BCUT2D eigenvalue weighted by Crippen LogP contribution is -2.17. The summed E-state index contributed by atoms with van der Waals surface area (Å²) in [5.74, 6) is 0.693. The van der Waals surface area contributed by atoms with Gasteiger partial charge in [-0.3, -0.25) is 4.79 Å². The van der Waals surface area contributed by atoms with Crippen molar-refractivity contribution in [1.82, 2.24) is 5.43 Å². The number of nitrogens with one attached hydrogen (secondary N) is 1. The average Bonchev–Trinajstić information content (AvgIpc) is 2.72. The summed E-state index contributed by atoms with van der Waals surface area (Å²) >= 11 is 6.84. The van der Waals surface area contributed by atoms with Crippen LogP contribution in [0.1, 0.15) is 21.5 Å². The first-order chi connectivity index (χ1) is 14.0. The molecule has 0 heterocycles. The highest BCUT2D eigenvalue weighted by atomic mass is 79.9. The molecule has 0 aliphatic heterocycles. The van der Waals surface area contributed by atoms with Crippen LogP contribution in [-0.2, 0) is 6.61 Å². The van der Waals surface area contributed by atoms with Gasteiger partial charge in [-0.1, -0.05) is 56.1 Å². The highest BCUT2D eigenvalue weighted by molar-refractivity contribution is 9.10. The molecule has 3 rings (SSSR count). The molecule has 1 amide bonds. The molecule has 0 atom stereocenters. The summed E-state index contributed by atoms with van der Waals surface area (Å²) in [7, 11) is 1.54. The number of amides is 1. The normalized spacial score (nSPS) is 10.7. The number of hydrogen-bond acceptors (Lipinski definition) is 4. The lowest BCUT2D eigenvalue weighted by atomic mass is 10.2. The lowest BCUT2D eigenvalue weighted by Gasteiger charge is -2.12. The molecule has 1 N–H and O–H groups in total. The number of methoxy groups -OCH3 is 1. The van der Waals surface area contributed by atoms with Crippen LogP contribution in [0.3, 0.4) is 0 Å². The molecular formula is C22H18Br2N2O3. The fourth-order valence-corrected chi connectivity index (χ4v) is 3.40. The molecule has 0 unspecified atom stereocenters. The van der Waals surface area contributed by atoms with Crippen molar-refractivity contribution in [1.29, 1.82) is 0 Å². The average molecular weight is 518 g/mol. The zero-order valence-corrected chi connectivity index (χ0v) is 18.7. The number of benzene rings is 3. The van der Waals surface area contributed by atoms with Crippen molar-refractivity contribution in [2.24, 2.45) is 5.10 Å². The molecule has 5 nitrogen and oxygen atoms in total. The van der Waals surface area contributed by atoms with Crippen LogP contribution in [0.4, 0.5) is 0 Å². The Balaban J connectivity index is 1.64. The Morgan fingerprint density at radius 3 is 2.48 bits per heavy atom. The molecule has 3 aromatic carbocycles. The summed E-state index contributed by atoms with van der Waals surface area (Å²) < 4.78 is 13.1. The first kappa shape index (κ1) is 21.1. The molecule has 0 aliphatic carbocycles. The van der Waals surface area contributed by atoms with Gasteiger partial charge in [-0.05, 0) is 53.6 Å².